The van der Waals surface area contributed by atoms with Gasteiger partial charge in [-0.25, -0.2) is 0 Å². The fourth-order valence-electron chi connectivity index (χ4n) is 2.11. The summed E-state index contributed by atoms with van der Waals surface area (Å²) in [5.74, 6) is 0.992. The summed E-state index contributed by atoms with van der Waals surface area (Å²) in [4.78, 5) is 4.44. The third-order valence-corrected chi connectivity index (χ3v) is 3.18. The quantitative estimate of drug-likeness (QED) is 0.845. The molecule has 2 rings (SSSR count). The number of pyridine rings is 1. The molecule has 0 aliphatic heterocycles. The van der Waals surface area contributed by atoms with Crippen LogP contribution in [0.15, 0.2) is 41.1 Å². The highest BCUT2D eigenvalue weighted by Gasteiger charge is 2.12. The van der Waals surface area contributed by atoms with E-state index in [1.807, 2.05) is 24.4 Å². The second-order valence-electron chi connectivity index (χ2n) is 4.32. The van der Waals surface area contributed by atoms with Crippen LogP contribution in [-0.4, -0.2) is 4.98 Å². The van der Waals surface area contributed by atoms with Crippen LogP contribution >= 0.6 is 0 Å². The monoisotopic (exact) mass is 244 g/mol. The first-order valence-electron chi connectivity index (χ1n) is 6.54. The van der Waals surface area contributed by atoms with Gasteiger partial charge in [-0.15, -0.1) is 0 Å². The first-order chi connectivity index (χ1) is 8.85. The Morgan fingerprint density at radius 1 is 1.28 bits per heavy atom. The van der Waals surface area contributed by atoms with Gasteiger partial charge in [0.25, 0.3) is 0 Å². The third kappa shape index (κ3) is 2.99. The first kappa shape index (κ1) is 12.8. The first-order valence-corrected chi connectivity index (χ1v) is 6.54. The SMILES string of the molecule is CCc1cccnc1CNC(CC)c1ccco1. The summed E-state index contributed by atoms with van der Waals surface area (Å²) in [5, 5.41) is 3.51. The molecule has 1 unspecified atom stereocenters. The average Bonchev–Trinajstić information content (AvgIpc) is 2.94. The topological polar surface area (TPSA) is 38.1 Å². The summed E-state index contributed by atoms with van der Waals surface area (Å²) in [5.41, 5.74) is 2.43. The van der Waals surface area contributed by atoms with Crippen molar-refractivity contribution >= 4 is 0 Å². The molecule has 0 spiro atoms. The number of hydrogen-bond donors (Lipinski definition) is 1. The molecular formula is C15H20N2O. The summed E-state index contributed by atoms with van der Waals surface area (Å²) < 4.78 is 5.45. The lowest BCUT2D eigenvalue weighted by Crippen LogP contribution is -2.21. The molecule has 0 amide bonds. The Morgan fingerprint density at radius 3 is 2.83 bits per heavy atom. The van der Waals surface area contributed by atoms with Crippen molar-refractivity contribution in [2.24, 2.45) is 0 Å². The predicted molar refractivity (Wildman–Crippen MR) is 72.2 cm³/mol. The zero-order chi connectivity index (χ0) is 12.8. The fraction of sp³-hybridized carbons (Fsp3) is 0.400. The van der Waals surface area contributed by atoms with Crippen molar-refractivity contribution < 1.29 is 4.42 Å². The minimum Gasteiger partial charge on any atom is -0.468 e. The molecule has 2 heterocycles. The lowest BCUT2D eigenvalue weighted by atomic mass is 10.1. The van der Waals surface area contributed by atoms with E-state index in [0.29, 0.717) is 0 Å². The highest BCUT2D eigenvalue weighted by atomic mass is 16.3. The van der Waals surface area contributed by atoms with Crippen LogP contribution in [0.1, 0.15) is 43.3 Å². The van der Waals surface area contributed by atoms with Crippen molar-refractivity contribution in [2.45, 2.75) is 39.3 Å². The van der Waals surface area contributed by atoms with E-state index in [1.54, 1.807) is 6.26 Å². The molecule has 0 aromatic carbocycles. The molecule has 1 atom stereocenters. The lowest BCUT2D eigenvalue weighted by molar-refractivity contribution is 0.401. The second kappa shape index (κ2) is 6.36. The van der Waals surface area contributed by atoms with Crippen molar-refractivity contribution in [3.63, 3.8) is 0 Å². The van der Waals surface area contributed by atoms with E-state index >= 15 is 0 Å². The van der Waals surface area contributed by atoms with Gasteiger partial charge in [-0.3, -0.25) is 4.98 Å². The Hall–Kier alpha value is -1.61. The minimum absolute atomic E-state index is 0.256. The molecule has 2 aromatic rings. The molecular weight excluding hydrogens is 224 g/mol. The largest absolute Gasteiger partial charge is 0.468 e. The Labute approximate surface area is 108 Å². The maximum atomic E-state index is 5.45. The fourth-order valence-corrected chi connectivity index (χ4v) is 2.11. The number of nitrogens with zero attached hydrogens (tertiary/aromatic N) is 1. The molecule has 0 bridgehead atoms. The molecule has 0 saturated heterocycles. The smallest absolute Gasteiger partial charge is 0.120 e. The molecule has 3 nitrogen and oxygen atoms in total. The van der Waals surface area contributed by atoms with Crippen LogP contribution in [0.4, 0.5) is 0 Å². The number of hydrogen-bond acceptors (Lipinski definition) is 3. The van der Waals surface area contributed by atoms with Gasteiger partial charge in [-0.2, -0.15) is 0 Å². The molecule has 0 aliphatic rings. The van der Waals surface area contributed by atoms with Crippen molar-refractivity contribution in [1.29, 1.82) is 0 Å². The molecule has 0 fully saturated rings. The summed E-state index contributed by atoms with van der Waals surface area (Å²) in [7, 11) is 0. The van der Waals surface area contributed by atoms with Gasteiger partial charge >= 0.3 is 0 Å². The second-order valence-corrected chi connectivity index (χ2v) is 4.32. The predicted octanol–water partition coefficient (Wildman–Crippen LogP) is 3.48. The van der Waals surface area contributed by atoms with Gasteiger partial charge in [-0.05, 0) is 36.6 Å². The number of aromatic nitrogens is 1. The summed E-state index contributed by atoms with van der Waals surface area (Å²) in [6.07, 6.45) is 5.59. The van der Waals surface area contributed by atoms with Crippen LogP contribution in [-0.2, 0) is 13.0 Å². The molecule has 0 aliphatic carbocycles. The Balaban J connectivity index is 2.02. The van der Waals surface area contributed by atoms with Crippen LogP contribution in [0.25, 0.3) is 0 Å². The van der Waals surface area contributed by atoms with Crippen LogP contribution in [0.3, 0.4) is 0 Å². The van der Waals surface area contributed by atoms with Crippen molar-refractivity contribution in [3.05, 3.63) is 53.7 Å². The maximum Gasteiger partial charge on any atom is 0.120 e. The number of nitrogens with one attached hydrogen (secondary N) is 1. The maximum absolute atomic E-state index is 5.45. The zero-order valence-electron chi connectivity index (χ0n) is 11.0. The van der Waals surface area contributed by atoms with Crippen molar-refractivity contribution in [2.75, 3.05) is 0 Å². The van der Waals surface area contributed by atoms with Gasteiger partial charge in [0, 0.05) is 12.7 Å². The van der Waals surface area contributed by atoms with Gasteiger partial charge in [-0.1, -0.05) is 19.9 Å². The molecule has 18 heavy (non-hydrogen) atoms. The van der Waals surface area contributed by atoms with E-state index in [4.69, 9.17) is 4.42 Å². The van der Waals surface area contributed by atoms with Gasteiger partial charge in [0.05, 0.1) is 18.0 Å². The molecule has 96 valence electrons. The highest BCUT2D eigenvalue weighted by Crippen LogP contribution is 2.17. The molecule has 0 saturated carbocycles. The Kier molecular flexibility index (Phi) is 4.53. The van der Waals surface area contributed by atoms with Gasteiger partial charge < -0.3 is 9.73 Å². The van der Waals surface area contributed by atoms with E-state index in [-0.39, 0.29) is 6.04 Å². The summed E-state index contributed by atoms with van der Waals surface area (Å²) >= 11 is 0. The summed E-state index contributed by atoms with van der Waals surface area (Å²) in [6.45, 7) is 5.09. The Bertz CT molecular complexity index is 465. The van der Waals surface area contributed by atoms with Crippen LogP contribution in [0.5, 0.6) is 0 Å². The standard InChI is InChI=1S/C15H20N2O/c1-3-12-7-5-9-16-14(12)11-17-13(4-2)15-8-6-10-18-15/h5-10,13,17H,3-4,11H2,1-2H3. The van der Waals surface area contributed by atoms with E-state index in [1.165, 1.54) is 5.56 Å². The van der Waals surface area contributed by atoms with Gasteiger partial charge in [0.1, 0.15) is 5.76 Å². The minimum atomic E-state index is 0.256. The average molecular weight is 244 g/mol. The van der Waals surface area contributed by atoms with E-state index in [2.05, 4.69) is 30.2 Å². The van der Waals surface area contributed by atoms with E-state index < -0.39 is 0 Å². The molecule has 1 N–H and O–H groups in total. The molecule has 0 radical (unpaired) electrons. The van der Waals surface area contributed by atoms with Gasteiger partial charge in [0.15, 0.2) is 0 Å². The van der Waals surface area contributed by atoms with E-state index in [0.717, 1.165) is 30.8 Å². The molecule has 3 heteroatoms. The Morgan fingerprint density at radius 2 is 2.17 bits per heavy atom. The highest BCUT2D eigenvalue weighted by molar-refractivity contribution is 5.19. The van der Waals surface area contributed by atoms with Crippen LogP contribution in [0, 0.1) is 0 Å². The summed E-state index contributed by atoms with van der Waals surface area (Å²) in [6, 6.07) is 8.33. The van der Waals surface area contributed by atoms with Crippen molar-refractivity contribution in [1.82, 2.24) is 10.3 Å². The van der Waals surface area contributed by atoms with Crippen molar-refractivity contribution in [3.8, 4) is 0 Å². The number of furan rings is 1. The van der Waals surface area contributed by atoms with Gasteiger partial charge in [0.2, 0.25) is 0 Å². The normalized spacial score (nSPS) is 12.6. The molecule has 2 aromatic heterocycles. The van der Waals surface area contributed by atoms with Crippen LogP contribution < -0.4 is 5.32 Å². The van der Waals surface area contributed by atoms with E-state index in [9.17, 15) is 0 Å². The number of rotatable bonds is 6. The lowest BCUT2D eigenvalue weighted by Gasteiger charge is -2.15. The number of aryl methyl sites for hydroxylation is 1. The zero-order valence-corrected chi connectivity index (χ0v) is 11.0. The third-order valence-electron chi connectivity index (χ3n) is 3.18. The van der Waals surface area contributed by atoms with Crippen LogP contribution in [0.2, 0.25) is 0 Å².